The van der Waals surface area contributed by atoms with Crippen molar-refractivity contribution < 1.29 is 0 Å². The van der Waals surface area contributed by atoms with Crippen LogP contribution in [0.15, 0.2) is 30.3 Å². The minimum Gasteiger partial charge on any atom is -0.311 e. The summed E-state index contributed by atoms with van der Waals surface area (Å²) in [5.41, 5.74) is 1.43. The maximum atomic E-state index is 3.83. The molecule has 1 saturated heterocycles. The molecule has 2 unspecified atom stereocenters. The maximum absolute atomic E-state index is 3.83. The Kier molecular flexibility index (Phi) is 6.72. The van der Waals surface area contributed by atoms with Crippen molar-refractivity contribution in [2.75, 3.05) is 19.6 Å². The summed E-state index contributed by atoms with van der Waals surface area (Å²) in [6, 6.07) is 12.0. The number of piperidine rings is 1. The van der Waals surface area contributed by atoms with E-state index in [1.54, 1.807) is 0 Å². The van der Waals surface area contributed by atoms with Crippen molar-refractivity contribution >= 4 is 0 Å². The molecule has 1 fully saturated rings. The van der Waals surface area contributed by atoms with Crippen LogP contribution in [-0.4, -0.2) is 36.6 Å². The Morgan fingerprint density at radius 2 is 1.81 bits per heavy atom. The molecule has 1 heterocycles. The zero-order valence-electron chi connectivity index (χ0n) is 14.0. The average molecular weight is 288 g/mol. The first-order valence-electron chi connectivity index (χ1n) is 8.71. The van der Waals surface area contributed by atoms with Crippen LogP contribution in [0.2, 0.25) is 0 Å². The van der Waals surface area contributed by atoms with Crippen LogP contribution in [0.5, 0.6) is 0 Å². The Morgan fingerprint density at radius 3 is 2.43 bits per heavy atom. The van der Waals surface area contributed by atoms with Gasteiger partial charge >= 0.3 is 0 Å². The van der Waals surface area contributed by atoms with Gasteiger partial charge in [-0.2, -0.15) is 0 Å². The summed E-state index contributed by atoms with van der Waals surface area (Å²) < 4.78 is 0. The van der Waals surface area contributed by atoms with Gasteiger partial charge in [-0.1, -0.05) is 37.3 Å². The van der Waals surface area contributed by atoms with Crippen molar-refractivity contribution in [2.24, 2.45) is 5.92 Å². The van der Waals surface area contributed by atoms with Crippen LogP contribution >= 0.6 is 0 Å². The van der Waals surface area contributed by atoms with Gasteiger partial charge in [0.15, 0.2) is 0 Å². The molecule has 0 aromatic heterocycles. The molecule has 0 amide bonds. The molecule has 1 aromatic rings. The molecule has 0 saturated carbocycles. The van der Waals surface area contributed by atoms with Crippen molar-refractivity contribution in [1.29, 1.82) is 0 Å². The minimum absolute atomic E-state index is 0.552. The Morgan fingerprint density at radius 1 is 1.14 bits per heavy atom. The van der Waals surface area contributed by atoms with Gasteiger partial charge in [0, 0.05) is 12.1 Å². The largest absolute Gasteiger partial charge is 0.311 e. The van der Waals surface area contributed by atoms with E-state index in [1.165, 1.54) is 44.5 Å². The van der Waals surface area contributed by atoms with Gasteiger partial charge in [0.1, 0.15) is 0 Å². The van der Waals surface area contributed by atoms with Gasteiger partial charge < -0.3 is 10.2 Å². The van der Waals surface area contributed by atoms with Gasteiger partial charge in [-0.25, -0.2) is 0 Å². The quantitative estimate of drug-likeness (QED) is 0.822. The highest BCUT2D eigenvalue weighted by Crippen LogP contribution is 2.21. The molecule has 1 aromatic carbocycles. The number of hydrogen-bond donors (Lipinski definition) is 1. The lowest BCUT2D eigenvalue weighted by Crippen LogP contribution is -2.45. The van der Waals surface area contributed by atoms with Gasteiger partial charge in [-0.15, -0.1) is 0 Å². The second kappa shape index (κ2) is 8.55. The SMILES string of the molecule is CCCN1CCC(C(C)NC(C)Cc2ccccc2)CC1. The van der Waals surface area contributed by atoms with E-state index in [2.05, 4.69) is 61.3 Å². The van der Waals surface area contributed by atoms with Crippen molar-refractivity contribution in [2.45, 2.75) is 58.5 Å². The second-order valence-electron chi connectivity index (χ2n) is 6.73. The zero-order valence-corrected chi connectivity index (χ0v) is 14.0. The molecular formula is C19H32N2. The number of likely N-dealkylation sites (tertiary alicyclic amines) is 1. The summed E-state index contributed by atoms with van der Waals surface area (Å²) in [7, 11) is 0. The van der Waals surface area contributed by atoms with E-state index in [9.17, 15) is 0 Å². The second-order valence-corrected chi connectivity index (χ2v) is 6.73. The molecule has 118 valence electrons. The summed E-state index contributed by atoms with van der Waals surface area (Å²) in [5.74, 6) is 0.844. The average Bonchev–Trinajstić information content (AvgIpc) is 2.49. The summed E-state index contributed by atoms with van der Waals surface area (Å²) in [6.45, 7) is 10.8. The highest BCUT2D eigenvalue weighted by molar-refractivity contribution is 5.15. The molecule has 21 heavy (non-hydrogen) atoms. The first kappa shape index (κ1) is 16.5. The molecule has 0 bridgehead atoms. The van der Waals surface area contributed by atoms with Crippen LogP contribution < -0.4 is 5.32 Å². The van der Waals surface area contributed by atoms with Crippen LogP contribution in [0, 0.1) is 5.92 Å². The molecule has 1 N–H and O–H groups in total. The zero-order chi connectivity index (χ0) is 15.1. The van der Waals surface area contributed by atoms with E-state index in [0.29, 0.717) is 12.1 Å². The fraction of sp³-hybridized carbons (Fsp3) is 0.684. The number of benzene rings is 1. The number of nitrogens with one attached hydrogen (secondary N) is 1. The minimum atomic E-state index is 0.552. The predicted molar refractivity (Wildman–Crippen MR) is 91.7 cm³/mol. The van der Waals surface area contributed by atoms with Gasteiger partial charge in [-0.05, 0) is 70.6 Å². The van der Waals surface area contributed by atoms with Gasteiger partial charge in [-0.3, -0.25) is 0 Å². The van der Waals surface area contributed by atoms with Gasteiger partial charge in [0.2, 0.25) is 0 Å². The smallest absolute Gasteiger partial charge is 0.00817 e. The molecule has 0 aliphatic carbocycles. The highest BCUT2D eigenvalue weighted by Gasteiger charge is 2.24. The van der Waals surface area contributed by atoms with E-state index >= 15 is 0 Å². The molecule has 2 nitrogen and oxygen atoms in total. The fourth-order valence-corrected chi connectivity index (χ4v) is 3.60. The van der Waals surface area contributed by atoms with E-state index in [0.717, 1.165) is 12.3 Å². The van der Waals surface area contributed by atoms with Crippen LogP contribution in [0.4, 0.5) is 0 Å². The van der Waals surface area contributed by atoms with Gasteiger partial charge in [0.25, 0.3) is 0 Å². The highest BCUT2D eigenvalue weighted by atomic mass is 15.1. The Hall–Kier alpha value is -0.860. The summed E-state index contributed by atoms with van der Waals surface area (Å²) in [4.78, 5) is 2.62. The van der Waals surface area contributed by atoms with Crippen LogP contribution in [0.3, 0.4) is 0 Å². The third-order valence-electron chi connectivity index (χ3n) is 4.81. The maximum Gasteiger partial charge on any atom is 0.00817 e. The predicted octanol–water partition coefficient (Wildman–Crippen LogP) is 3.72. The molecule has 2 heteroatoms. The summed E-state index contributed by atoms with van der Waals surface area (Å²) in [5, 5.41) is 3.83. The van der Waals surface area contributed by atoms with Crippen LogP contribution in [0.1, 0.15) is 45.6 Å². The standard InChI is InChI=1S/C19H32N2/c1-4-12-21-13-10-19(11-14-21)17(3)20-16(2)15-18-8-6-5-7-9-18/h5-9,16-17,19-20H,4,10-15H2,1-3H3. The normalized spacial score (nSPS) is 20.3. The first-order chi connectivity index (χ1) is 10.2. The van der Waals surface area contributed by atoms with E-state index in [-0.39, 0.29) is 0 Å². The van der Waals surface area contributed by atoms with E-state index in [4.69, 9.17) is 0 Å². The number of rotatable bonds is 7. The molecule has 1 aliphatic rings. The molecule has 1 aliphatic heterocycles. The monoisotopic (exact) mass is 288 g/mol. The van der Waals surface area contributed by atoms with Crippen LogP contribution in [0.25, 0.3) is 0 Å². The van der Waals surface area contributed by atoms with Crippen molar-refractivity contribution in [3.05, 3.63) is 35.9 Å². The lowest BCUT2D eigenvalue weighted by Gasteiger charge is -2.36. The number of hydrogen-bond acceptors (Lipinski definition) is 2. The molecule has 2 rings (SSSR count). The molecular weight excluding hydrogens is 256 g/mol. The van der Waals surface area contributed by atoms with Crippen molar-refractivity contribution in [3.63, 3.8) is 0 Å². The Labute approximate surface area is 130 Å². The molecule has 0 spiro atoms. The topological polar surface area (TPSA) is 15.3 Å². The lowest BCUT2D eigenvalue weighted by molar-refractivity contribution is 0.159. The Bertz CT molecular complexity index is 382. The fourth-order valence-electron chi connectivity index (χ4n) is 3.60. The third-order valence-corrected chi connectivity index (χ3v) is 4.81. The van der Waals surface area contributed by atoms with E-state index in [1.807, 2.05) is 0 Å². The summed E-state index contributed by atoms with van der Waals surface area (Å²) in [6.07, 6.45) is 5.12. The lowest BCUT2D eigenvalue weighted by atomic mass is 9.89. The third kappa shape index (κ3) is 5.44. The summed E-state index contributed by atoms with van der Waals surface area (Å²) >= 11 is 0. The Balaban J connectivity index is 1.73. The van der Waals surface area contributed by atoms with E-state index < -0.39 is 0 Å². The van der Waals surface area contributed by atoms with Crippen LogP contribution in [-0.2, 0) is 6.42 Å². The number of nitrogens with zero attached hydrogens (tertiary/aromatic N) is 1. The first-order valence-corrected chi connectivity index (χ1v) is 8.71. The van der Waals surface area contributed by atoms with Gasteiger partial charge in [0.05, 0.1) is 0 Å². The van der Waals surface area contributed by atoms with Crippen molar-refractivity contribution in [3.8, 4) is 0 Å². The van der Waals surface area contributed by atoms with Crippen molar-refractivity contribution in [1.82, 2.24) is 10.2 Å². The molecule has 2 atom stereocenters. The molecule has 0 radical (unpaired) electrons.